The van der Waals surface area contributed by atoms with E-state index in [2.05, 4.69) is 0 Å². The lowest BCUT2D eigenvalue weighted by molar-refractivity contribution is -0.483. The van der Waals surface area contributed by atoms with Gasteiger partial charge < -0.3 is 4.74 Å². The molecule has 0 spiro atoms. The first-order chi connectivity index (χ1) is 14.7. The van der Waals surface area contributed by atoms with Gasteiger partial charge >= 0.3 is 0 Å². The molecule has 0 unspecified atom stereocenters. The van der Waals surface area contributed by atoms with Crippen LogP contribution in [-0.2, 0) is 10.1 Å². The molecule has 3 aromatic rings. The van der Waals surface area contributed by atoms with Crippen molar-refractivity contribution >= 4 is 21.7 Å². The highest BCUT2D eigenvalue weighted by Crippen LogP contribution is 2.50. The first kappa shape index (κ1) is 21.3. The summed E-state index contributed by atoms with van der Waals surface area (Å²) >= 11 is 6.27. The summed E-state index contributed by atoms with van der Waals surface area (Å²) in [6.45, 7) is 1.16. The Balaban J connectivity index is 2.06. The van der Waals surface area contributed by atoms with E-state index < -0.39 is 33.4 Å². The fourth-order valence-electron chi connectivity index (χ4n) is 4.25. The molecule has 160 valence electrons. The van der Waals surface area contributed by atoms with Crippen LogP contribution in [0.5, 0.6) is 11.5 Å². The van der Waals surface area contributed by atoms with Gasteiger partial charge in [-0.05, 0) is 48.4 Å². The zero-order chi connectivity index (χ0) is 22.3. The normalized spacial score (nSPS) is 17.8. The van der Waals surface area contributed by atoms with Crippen molar-refractivity contribution in [2.75, 3.05) is 6.54 Å². The van der Waals surface area contributed by atoms with Crippen LogP contribution in [-0.4, -0.2) is 24.4 Å². The number of rotatable bonds is 4. The van der Waals surface area contributed by atoms with E-state index >= 15 is 0 Å². The number of para-hydroxylation sites is 1. The van der Waals surface area contributed by atoms with Gasteiger partial charge in [0.05, 0.1) is 10.8 Å². The van der Waals surface area contributed by atoms with Gasteiger partial charge in [-0.15, -0.1) is 0 Å². The second-order valence-corrected chi connectivity index (χ2v) is 9.19. The highest BCUT2D eigenvalue weighted by atomic mass is 35.5. The maximum absolute atomic E-state index is 11.9. The van der Waals surface area contributed by atoms with Crippen molar-refractivity contribution in [1.82, 2.24) is 0 Å². The summed E-state index contributed by atoms with van der Waals surface area (Å²) < 4.78 is 39.6. The summed E-state index contributed by atoms with van der Waals surface area (Å²) in [6.07, 6.45) is 0. The van der Waals surface area contributed by atoms with E-state index in [0.29, 0.717) is 38.8 Å². The summed E-state index contributed by atoms with van der Waals surface area (Å²) in [5.74, 6) is -0.334. The molecule has 2 atom stereocenters. The Morgan fingerprint density at radius 1 is 1.03 bits per heavy atom. The number of ether oxygens (including phenoxy) is 1. The molecule has 0 saturated carbocycles. The van der Waals surface area contributed by atoms with Gasteiger partial charge in [0.1, 0.15) is 11.5 Å². The van der Waals surface area contributed by atoms with Crippen LogP contribution in [0.2, 0.25) is 5.02 Å². The van der Waals surface area contributed by atoms with E-state index in [0.717, 1.165) is 0 Å². The lowest BCUT2D eigenvalue weighted by Gasteiger charge is -2.26. The van der Waals surface area contributed by atoms with Crippen molar-refractivity contribution in [3.63, 3.8) is 0 Å². The zero-order valence-corrected chi connectivity index (χ0v) is 17.9. The molecular weight excluding hydrogens is 442 g/mol. The third-order valence-electron chi connectivity index (χ3n) is 5.53. The highest BCUT2D eigenvalue weighted by molar-refractivity contribution is 7.85. The molecule has 7 nitrogen and oxygen atoms in total. The Labute approximate surface area is 184 Å². The van der Waals surface area contributed by atoms with Gasteiger partial charge in [-0.1, -0.05) is 41.9 Å². The number of hydrogen-bond donors (Lipinski definition) is 1. The van der Waals surface area contributed by atoms with Crippen molar-refractivity contribution in [3.05, 3.63) is 98.1 Å². The first-order valence-corrected chi connectivity index (χ1v) is 11.2. The molecule has 1 N–H and O–H groups in total. The maximum atomic E-state index is 11.9. The van der Waals surface area contributed by atoms with E-state index in [1.54, 1.807) is 55.5 Å². The van der Waals surface area contributed by atoms with Gasteiger partial charge in [0.2, 0.25) is 6.54 Å². The predicted molar refractivity (Wildman–Crippen MR) is 115 cm³/mol. The lowest BCUT2D eigenvalue weighted by Crippen LogP contribution is -2.21. The van der Waals surface area contributed by atoms with Crippen LogP contribution in [0.25, 0.3) is 0 Å². The highest BCUT2D eigenvalue weighted by Gasteiger charge is 2.38. The van der Waals surface area contributed by atoms with Crippen LogP contribution in [0.4, 0.5) is 0 Å². The summed E-state index contributed by atoms with van der Waals surface area (Å²) in [5, 5.41) is 12.1. The van der Waals surface area contributed by atoms with E-state index in [4.69, 9.17) is 16.3 Å². The quantitative estimate of drug-likeness (QED) is 0.326. The number of halogens is 1. The average molecular weight is 460 g/mol. The first-order valence-electron chi connectivity index (χ1n) is 9.42. The van der Waals surface area contributed by atoms with Crippen LogP contribution in [0.15, 0.2) is 65.6 Å². The second-order valence-electron chi connectivity index (χ2n) is 7.37. The van der Waals surface area contributed by atoms with E-state index in [9.17, 15) is 23.1 Å². The molecule has 4 rings (SSSR count). The van der Waals surface area contributed by atoms with Gasteiger partial charge in [0.25, 0.3) is 10.1 Å². The third kappa shape index (κ3) is 4.01. The van der Waals surface area contributed by atoms with Gasteiger partial charge in [-0.2, -0.15) is 8.42 Å². The average Bonchev–Trinajstić information content (AvgIpc) is 2.81. The molecule has 0 aromatic heterocycles. The molecular formula is C22H18ClNO6S. The van der Waals surface area contributed by atoms with Gasteiger partial charge in [0.15, 0.2) is 0 Å². The minimum atomic E-state index is -4.48. The zero-order valence-electron chi connectivity index (χ0n) is 16.4. The van der Waals surface area contributed by atoms with E-state index in [1.807, 2.05) is 0 Å². The smallest absolute Gasteiger partial charge is 0.294 e. The van der Waals surface area contributed by atoms with Crippen LogP contribution in [0.3, 0.4) is 0 Å². The second kappa shape index (κ2) is 7.96. The van der Waals surface area contributed by atoms with Crippen molar-refractivity contribution in [3.8, 4) is 11.5 Å². The summed E-state index contributed by atoms with van der Waals surface area (Å²) in [6, 6.07) is 16.6. The largest absolute Gasteiger partial charge is 0.457 e. The van der Waals surface area contributed by atoms with Gasteiger partial charge in [0, 0.05) is 27.0 Å². The molecule has 31 heavy (non-hydrogen) atoms. The molecule has 0 aliphatic carbocycles. The fourth-order valence-corrected chi connectivity index (χ4v) is 5.18. The molecule has 1 aliphatic rings. The van der Waals surface area contributed by atoms with Crippen molar-refractivity contribution in [1.29, 1.82) is 0 Å². The van der Waals surface area contributed by atoms with Crippen LogP contribution < -0.4 is 4.74 Å². The number of benzene rings is 3. The maximum Gasteiger partial charge on any atom is 0.294 e. The summed E-state index contributed by atoms with van der Waals surface area (Å²) in [5.41, 5.74) is 2.08. The SMILES string of the molecule is Cc1c([C@H]2c3cc(Cl)ccc3Oc3ccccc3[C@@H]2C[N+](=O)[O-])cccc1S(=O)(=O)O. The Bertz CT molecular complexity index is 1290. The van der Waals surface area contributed by atoms with Gasteiger partial charge in [-0.3, -0.25) is 14.7 Å². The minimum absolute atomic E-state index is 0.244. The number of hydrogen-bond acceptors (Lipinski definition) is 5. The van der Waals surface area contributed by atoms with Crippen molar-refractivity contribution < 1.29 is 22.6 Å². The number of nitrogens with zero attached hydrogens (tertiary/aromatic N) is 1. The van der Waals surface area contributed by atoms with E-state index in [-0.39, 0.29) is 4.90 Å². The van der Waals surface area contributed by atoms with E-state index in [1.165, 1.54) is 12.1 Å². The standard InChI is InChI=1S/C22H18ClNO6S/c1-13-15(6-4-8-21(13)31(27,28)29)22-17-11-14(23)9-10-20(17)30-19-7-3-2-5-16(19)18(22)12-24(25)26/h2-11,18,22H,12H2,1H3,(H,27,28,29)/t18-,22-/m0/s1. The molecule has 1 heterocycles. The van der Waals surface area contributed by atoms with Crippen molar-refractivity contribution in [2.45, 2.75) is 23.7 Å². The fraction of sp³-hybridized carbons (Fsp3) is 0.182. The molecule has 1 aliphatic heterocycles. The molecule has 0 radical (unpaired) electrons. The Morgan fingerprint density at radius 2 is 1.71 bits per heavy atom. The summed E-state index contributed by atoms with van der Waals surface area (Å²) in [7, 11) is -4.48. The number of fused-ring (bicyclic) bond motifs is 2. The molecule has 0 bridgehead atoms. The summed E-state index contributed by atoms with van der Waals surface area (Å²) in [4.78, 5) is 11.0. The monoisotopic (exact) mass is 459 g/mol. The molecule has 3 aromatic carbocycles. The Hall–Kier alpha value is -2.94. The molecule has 0 saturated heterocycles. The Morgan fingerprint density at radius 3 is 2.42 bits per heavy atom. The van der Waals surface area contributed by atoms with Gasteiger partial charge in [-0.25, -0.2) is 0 Å². The lowest BCUT2D eigenvalue weighted by atomic mass is 9.76. The molecule has 0 amide bonds. The van der Waals surface area contributed by atoms with Crippen LogP contribution in [0.1, 0.15) is 34.1 Å². The Kier molecular flexibility index (Phi) is 5.47. The predicted octanol–water partition coefficient (Wildman–Crippen LogP) is 5.19. The molecule has 0 fully saturated rings. The minimum Gasteiger partial charge on any atom is -0.457 e. The third-order valence-corrected chi connectivity index (χ3v) is 6.77. The van der Waals surface area contributed by atoms with Crippen LogP contribution in [0, 0.1) is 17.0 Å². The number of nitro groups is 1. The topological polar surface area (TPSA) is 107 Å². The molecule has 9 heteroatoms. The van der Waals surface area contributed by atoms with Crippen LogP contribution >= 0.6 is 11.6 Å². The van der Waals surface area contributed by atoms with Crippen molar-refractivity contribution in [2.24, 2.45) is 0 Å².